The number of piperazine rings is 1. The molecule has 1 atom stereocenters. The molecule has 0 spiro atoms. The van der Waals surface area contributed by atoms with E-state index in [1.807, 2.05) is 30.3 Å². The number of aromatic hydroxyl groups is 1. The molecule has 2 saturated heterocycles. The van der Waals surface area contributed by atoms with Crippen molar-refractivity contribution in [3.8, 4) is 5.75 Å². The highest BCUT2D eigenvalue weighted by Gasteiger charge is 2.29. The van der Waals surface area contributed by atoms with Crippen LogP contribution in [0.25, 0.3) is 0 Å². The van der Waals surface area contributed by atoms with Gasteiger partial charge in [-0.2, -0.15) is 0 Å². The number of nitrogens with zero attached hydrogens (tertiary/aromatic N) is 3. The fourth-order valence-corrected chi connectivity index (χ4v) is 4.39. The third-order valence-electron chi connectivity index (χ3n) is 6.25. The number of phenols is 1. The number of nitrogens with one attached hydrogen (secondary N) is 1. The molecule has 2 aliphatic rings. The van der Waals surface area contributed by atoms with Crippen molar-refractivity contribution in [2.75, 3.05) is 64.0 Å². The zero-order valence-electron chi connectivity index (χ0n) is 19.2. The van der Waals surface area contributed by atoms with Gasteiger partial charge in [-0.25, -0.2) is 0 Å². The van der Waals surface area contributed by atoms with Crippen LogP contribution in [0.4, 0.5) is 5.69 Å². The smallest absolute Gasteiger partial charge is 0.252 e. The van der Waals surface area contributed by atoms with E-state index in [0.717, 1.165) is 24.3 Å². The molecule has 34 heavy (non-hydrogen) atoms. The van der Waals surface area contributed by atoms with Crippen molar-refractivity contribution in [3.63, 3.8) is 0 Å². The van der Waals surface area contributed by atoms with E-state index in [9.17, 15) is 19.8 Å². The number of phenolic OH excluding ortho intramolecular Hbond substituents is 1. The number of aliphatic hydroxyl groups excluding tert-OH is 1. The van der Waals surface area contributed by atoms with E-state index >= 15 is 0 Å². The highest BCUT2D eigenvalue weighted by atomic mass is 16.5. The molecule has 182 valence electrons. The van der Waals surface area contributed by atoms with Crippen molar-refractivity contribution >= 4 is 17.5 Å². The minimum absolute atomic E-state index is 0.0141. The van der Waals surface area contributed by atoms with E-state index in [0.29, 0.717) is 45.9 Å². The number of hydrogen-bond donors (Lipinski definition) is 3. The number of morpholine rings is 1. The molecule has 0 aromatic heterocycles. The van der Waals surface area contributed by atoms with E-state index in [1.54, 1.807) is 17.0 Å². The van der Waals surface area contributed by atoms with Crippen molar-refractivity contribution in [2.24, 2.45) is 0 Å². The van der Waals surface area contributed by atoms with E-state index in [4.69, 9.17) is 4.74 Å². The molecule has 9 heteroatoms. The number of rotatable bonds is 7. The Morgan fingerprint density at radius 2 is 1.68 bits per heavy atom. The Kier molecular flexibility index (Phi) is 7.99. The third-order valence-corrected chi connectivity index (χ3v) is 6.25. The van der Waals surface area contributed by atoms with Crippen molar-refractivity contribution in [2.45, 2.75) is 12.6 Å². The predicted octanol–water partition coefficient (Wildman–Crippen LogP) is 0.664. The molecule has 2 aliphatic heterocycles. The highest BCUT2D eigenvalue weighted by Crippen LogP contribution is 2.19. The van der Waals surface area contributed by atoms with Gasteiger partial charge in [-0.05, 0) is 35.9 Å². The van der Waals surface area contributed by atoms with Gasteiger partial charge in [0, 0.05) is 57.1 Å². The number of carbonyl (C=O) groups excluding carboxylic acids is 2. The minimum Gasteiger partial charge on any atom is -0.508 e. The second-order valence-electron chi connectivity index (χ2n) is 8.63. The normalized spacial score (nSPS) is 17.9. The number of ether oxygens (including phenoxy) is 1. The van der Waals surface area contributed by atoms with Gasteiger partial charge >= 0.3 is 0 Å². The Morgan fingerprint density at radius 3 is 2.35 bits per heavy atom. The number of carbonyl (C=O) groups is 2. The number of aliphatic hydroxyl groups is 1. The maximum absolute atomic E-state index is 13.0. The van der Waals surface area contributed by atoms with Crippen LogP contribution >= 0.6 is 0 Å². The van der Waals surface area contributed by atoms with Crippen LogP contribution in [0.1, 0.15) is 15.9 Å². The summed E-state index contributed by atoms with van der Waals surface area (Å²) in [5, 5.41) is 22.6. The summed E-state index contributed by atoms with van der Waals surface area (Å²) in [6.45, 7) is 5.36. The quantitative estimate of drug-likeness (QED) is 0.548. The lowest BCUT2D eigenvalue weighted by molar-refractivity contribution is -0.134. The first kappa shape index (κ1) is 24.0. The molecule has 9 nitrogen and oxygen atoms in total. The molecule has 2 heterocycles. The van der Waals surface area contributed by atoms with Gasteiger partial charge in [0.1, 0.15) is 11.8 Å². The summed E-state index contributed by atoms with van der Waals surface area (Å²) >= 11 is 0. The molecule has 3 N–H and O–H groups in total. The maximum Gasteiger partial charge on any atom is 0.252 e. The third kappa shape index (κ3) is 6.05. The zero-order chi connectivity index (χ0) is 23.9. The number of para-hydroxylation sites is 1. The summed E-state index contributed by atoms with van der Waals surface area (Å²) in [7, 11) is 0. The summed E-state index contributed by atoms with van der Waals surface area (Å²) in [4.78, 5) is 32.0. The summed E-state index contributed by atoms with van der Waals surface area (Å²) < 4.78 is 5.36. The monoisotopic (exact) mass is 468 g/mol. The van der Waals surface area contributed by atoms with Gasteiger partial charge in [0.25, 0.3) is 5.91 Å². The molecular weight excluding hydrogens is 436 g/mol. The Hall–Kier alpha value is -3.14. The number of amides is 2. The van der Waals surface area contributed by atoms with Crippen LogP contribution in [0.5, 0.6) is 5.75 Å². The van der Waals surface area contributed by atoms with Gasteiger partial charge in [-0.1, -0.05) is 18.2 Å². The van der Waals surface area contributed by atoms with Crippen LogP contribution in [-0.4, -0.2) is 97.0 Å². The second-order valence-corrected chi connectivity index (χ2v) is 8.63. The van der Waals surface area contributed by atoms with Gasteiger partial charge in [0.05, 0.1) is 19.8 Å². The molecule has 4 rings (SSSR count). The average molecular weight is 469 g/mol. The highest BCUT2D eigenvalue weighted by molar-refractivity contribution is 5.98. The van der Waals surface area contributed by atoms with Crippen molar-refractivity contribution in [1.82, 2.24) is 15.1 Å². The zero-order valence-corrected chi connectivity index (χ0v) is 19.2. The topological polar surface area (TPSA) is 106 Å². The fourth-order valence-electron chi connectivity index (χ4n) is 4.39. The van der Waals surface area contributed by atoms with E-state index in [1.165, 1.54) is 6.07 Å². The molecule has 0 aliphatic carbocycles. The number of benzene rings is 2. The van der Waals surface area contributed by atoms with Gasteiger partial charge in [-0.15, -0.1) is 0 Å². The van der Waals surface area contributed by atoms with Crippen LogP contribution in [0, 0.1) is 0 Å². The molecule has 2 fully saturated rings. The Labute approximate surface area is 199 Å². The maximum atomic E-state index is 13.0. The first-order chi connectivity index (χ1) is 16.5. The van der Waals surface area contributed by atoms with Gasteiger partial charge < -0.3 is 30.1 Å². The summed E-state index contributed by atoms with van der Waals surface area (Å²) in [5.74, 6) is -0.827. The lowest BCUT2D eigenvalue weighted by atomic mass is 10.1. The Bertz CT molecular complexity index is 973. The van der Waals surface area contributed by atoms with Crippen LogP contribution in [-0.2, 0) is 16.1 Å². The van der Waals surface area contributed by atoms with E-state index in [2.05, 4.69) is 15.1 Å². The van der Waals surface area contributed by atoms with Crippen LogP contribution in [0.15, 0.2) is 48.5 Å². The molecule has 0 bridgehead atoms. The predicted molar refractivity (Wildman–Crippen MR) is 128 cm³/mol. The van der Waals surface area contributed by atoms with Crippen molar-refractivity contribution in [3.05, 3.63) is 59.7 Å². The fraction of sp³-hybridized carbons (Fsp3) is 0.440. The Balaban J connectivity index is 1.35. The van der Waals surface area contributed by atoms with E-state index in [-0.39, 0.29) is 17.2 Å². The Morgan fingerprint density at radius 1 is 0.971 bits per heavy atom. The van der Waals surface area contributed by atoms with Gasteiger partial charge in [-0.3, -0.25) is 14.5 Å². The van der Waals surface area contributed by atoms with Crippen LogP contribution in [0.3, 0.4) is 0 Å². The molecule has 0 radical (unpaired) electrons. The molecule has 2 aromatic rings. The van der Waals surface area contributed by atoms with Crippen LogP contribution < -0.4 is 10.2 Å². The molecular formula is C25H32N4O5. The molecule has 2 amide bonds. The first-order valence-corrected chi connectivity index (χ1v) is 11.7. The van der Waals surface area contributed by atoms with Gasteiger partial charge in [0.15, 0.2) is 0 Å². The summed E-state index contributed by atoms with van der Waals surface area (Å²) in [5.41, 5.74) is 2.16. The minimum atomic E-state index is -1.04. The number of anilines is 1. The molecule has 2 aromatic carbocycles. The van der Waals surface area contributed by atoms with Crippen molar-refractivity contribution in [1.29, 1.82) is 0 Å². The SMILES string of the molecule is O=C(NC(CO)C(=O)N1CCN(c2ccccc2)CC1)c1cc(O)cc(CN2CCOCC2)c1. The first-order valence-electron chi connectivity index (χ1n) is 11.7. The largest absolute Gasteiger partial charge is 0.508 e. The van der Waals surface area contributed by atoms with Crippen LogP contribution in [0.2, 0.25) is 0 Å². The van der Waals surface area contributed by atoms with Crippen molar-refractivity contribution < 1.29 is 24.5 Å². The van der Waals surface area contributed by atoms with E-state index < -0.39 is 18.6 Å². The lowest BCUT2D eigenvalue weighted by Gasteiger charge is -2.37. The second kappa shape index (κ2) is 11.3. The standard InChI is InChI=1S/C25H32N4O5/c30-18-23(25(33)29-8-6-28(7-9-29)21-4-2-1-3-5-21)26-24(32)20-14-19(15-22(31)16-20)17-27-10-12-34-13-11-27/h1-5,14-16,23,30-31H,6-13,17-18H2,(H,26,32). The molecule has 1 unspecified atom stereocenters. The van der Waals surface area contributed by atoms with Gasteiger partial charge in [0.2, 0.25) is 5.91 Å². The molecule has 0 saturated carbocycles. The summed E-state index contributed by atoms with van der Waals surface area (Å²) in [6.07, 6.45) is 0. The summed E-state index contributed by atoms with van der Waals surface area (Å²) in [6, 6.07) is 13.7. The number of hydrogen-bond acceptors (Lipinski definition) is 7. The average Bonchev–Trinajstić information content (AvgIpc) is 2.87. The lowest BCUT2D eigenvalue weighted by Crippen LogP contribution is -2.56.